The van der Waals surface area contributed by atoms with Gasteiger partial charge in [-0.15, -0.1) is 0 Å². The molecule has 0 radical (unpaired) electrons. The summed E-state index contributed by atoms with van der Waals surface area (Å²) in [7, 11) is 0. The topological polar surface area (TPSA) is 47.0 Å². The van der Waals surface area contributed by atoms with E-state index < -0.39 is 0 Å². The molecular formula is C11H16BrN3O. The highest BCUT2D eigenvalue weighted by atomic mass is 79.9. The molecule has 1 saturated heterocycles. The van der Waals surface area contributed by atoms with Gasteiger partial charge >= 0.3 is 0 Å². The van der Waals surface area contributed by atoms with Gasteiger partial charge in [-0.25, -0.2) is 9.97 Å². The Morgan fingerprint density at radius 3 is 2.94 bits per heavy atom. The molecule has 1 unspecified atom stereocenters. The number of ether oxygens (including phenoxy) is 1. The van der Waals surface area contributed by atoms with E-state index in [2.05, 4.69) is 45.1 Å². The van der Waals surface area contributed by atoms with Crippen LogP contribution in [0.3, 0.4) is 0 Å². The normalized spacial score (nSPS) is 20.4. The van der Waals surface area contributed by atoms with Crippen LogP contribution in [0.5, 0.6) is 0 Å². The lowest BCUT2D eigenvalue weighted by Gasteiger charge is -2.13. The Bertz CT molecular complexity index is 364. The van der Waals surface area contributed by atoms with Crippen molar-refractivity contribution in [2.24, 2.45) is 0 Å². The summed E-state index contributed by atoms with van der Waals surface area (Å²) in [6, 6.07) is 2.28. The summed E-state index contributed by atoms with van der Waals surface area (Å²) >= 11 is 3.41. The number of nitrogens with one attached hydrogen (secondary N) is 1. The third kappa shape index (κ3) is 2.92. The molecule has 1 aromatic heterocycles. The van der Waals surface area contributed by atoms with Gasteiger partial charge in [0.2, 0.25) is 0 Å². The summed E-state index contributed by atoms with van der Waals surface area (Å²) in [4.78, 5) is 8.83. The summed E-state index contributed by atoms with van der Waals surface area (Å²) in [5.74, 6) is 2.06. The van der Waals surface area contributed by atoms with Crippen LogP contribution in [0.25, 0.3) is 0 Å². The maximum absolute atomic E-state index is 5.32. The predicted molar refractivity (Wildman–Crippen MR) is 66.7 cm³/mol. The van der Waals surface area contributed by atoms with Gasteiger partial charge < -0.3 is 10.1 Å². The van der Waals surface area contributed by atoms with E-state index in [1.807, 2.05) is 6.07 Å². The van der Waals surface area contributed by atoms with E-state index in [4.69, 9.17) is 4.74 Å². The van der Waals surface area contributed by atoms with Crippen molar-refractivity contribution >= 4 is 21.7 Å². The molecule has 88 valence electrons. The quantitative estimate of drug-likeness (QED) is 0.867. The highest BCUT2D eigenvalue weighted by Crippen LogP contribution is 2.19. The van der Waals surface area contributed by atoms with E-state index in [-0.39, 0.29) is 0 Å². The second-order valence-electron chi connectivity index (χ2n) is 4.29. The molecule has 1 aliphatic heterocycles. The molecule has 2 rings (SSSR count). The Labute approximate surface area is 104 Å². The van der Waals surface area contributed by atoms with Crippen LogP contribution in [0, 0.1) is 0 Å². The second-order valence-corrected chi connectivity index (χ2v) is 5.11. The first-order valence-corrected chi connectivity index (χ1v) is 6.33. The molecule has 2 heterocycles. The Hall–Kier alpha value is -0.680. The van der Waals surface area contributed by atoms with E-state index in [9.17, 15) is 0 Å². The van der Waals surface area contributed by atoms with Crippen LogP contribution in [0.15, 0.2) is 10.7 Å². The number of nitrogens with zero attached hydrogens (tertiary/aromatic N) is 2. The minimum Gasteiger partial charge on any atom is -0.379 e. The number of anilines is 1. The van der Waals surface area contributed by atoms with Gasteiger partial charge in [-0.3, -0.25) is 0 Å². The maximum Gasteiger partial charge on any atom is 0.134 e. The van der Waals surface area contributed by atoms with Gasteiger partial charge in [-0.05, 0) is 22.4 Å². The third-order valence-electron chi connectivity index (χ3n) is 2.51. The lowest BCUT2D eigenvalue weighted by atomic mass is 10.2. The highest BCUT2D eigenvalue weighted by molar-refractivity contribution is 9.10. The number of aromatic nitrogens is 2. The summed E-state index contributed by atoms with van der Waals surface area (Å²) in [5.41, 5.74) is 0. The van der Waals surface area contributed by atoms with Crippen LogP contribution < -0.4 is 5.32 Å². The summed E-state index contributed by atoms with van der Waals surface area (Å²) in [5, 5.41) is 3.37. The zero-order valence-corrected chi connectivity index (χ0v) is 11.1. The molecule has 0 aliphatic carbocycles. The predicted octanol–water partition coefficient (Wildman–Crippen LogP) is 2.56. The second kappa shape index (κ2) is 5.10. The zero-order chi connectivity index (χ0) is 11.5. The van der Waals surface area contributed by atoms with Crippen LogP contribution in [0.1, 0.15) is 32.0 Å². The maximum atomic E-state index is 5.32. The molecule has 1 aromatic rings. The van der Waals surface area contributed by atoms with Gasteiger partial charge in [0, 0.05) is 18.6 Å². The first-order chi connectivity index (χ1) is 7.65. The summed E-state index contributed by atoms with van der Waals surface area (Å²) in [6.07, 6.45) is 1.04. The number of hydrogen-bond acceptors (Lipinski definition) is 4. The molecule has 0 aromatic carbocycles. The standard InChI is InChI=1S/C11H16BrN3O/c1-7(2)11-14-9(12)5-10(15-11)13-8-3-4-16-6-8/h5,7-8H,3-4,6H2,1-2H3,(H,13,14,15). The van der Waals surface area contributed by atoms with Crippen molar-refractivity contribution in [3.8, 4) is 0 Å². The molecule has 16 heavy (non-hydrogen) atoms. The van der Waals surface area contributed by atoms with Crippen LogP contribution in [0.4, 0.5) is 5.82 Å². The highest BCUT2D eigenvalue weighted by Gasteiger charge is 2.16. The molecule has 1 atom stereocenters. The molecule has 0 bridgehead atoms. The average Bonchev–Trinajstić information content (AvgIpc) is 2.69. The first-order valence-electron chi connectivity index (χ1n) is 5.54. The minimum atomic E-state index is 0.331. The molecule has 1 aliphatic rings. The van der Waals surface area contributed by atoms with E-state index >= 15 is 0 Å². The molecule has 5 heteroatoms. The SMILES string of the molecule is CC(C)c1nc(Br)cc(NC2CCOC2)n1. The van der Waals surface area contributed by atoms with Gasteiger partial charge in [-0.1, -0.05) is 13.8 Å². The third-order valence-corrected chi connectivity index (χ3v) is 2.92. The molecular weight excluding hydrogens is 270 g/mol. The largest absolute Gasteiger partial charge is 0.379 e. The van der Waals surface area contributed by atoms with Crippen molar-refractivity contribution < 1.29 is 4.74 Å². The van der Waals surface area contributed by atoms with Crippen molar-refractivity contribution in [1.29, 1.82) is 0 Å². The molecule has 0 amide bonds. The lowest BCUT2D eigenvalue weighted by Crippen LogP contribution is -2.20. The number of halogens is 1. The molecule has 0 spiro atoms. The smallest absolute Gasteiger partial charge is 0.134 e. The van der Waals surface area contributed by atoms with E-state index in [1.165, 1.54) is 0 Å². The van der Waals surface area contributed by atoms with Crippen molar-refractivity contribution in [2.45, 2.75) is 32.2 Å². The fourth-order valence-electron chi connectivity index (χ4n) is 1.62. The van der Waals surface area contributed by atoms with Crippen LogP contribution in [-0.2, 0) is 4.74 Å². The van der Waals surface area contributed by atoms with Crippen LogP contribution >= 0.6 is 15.9 Å². The van der Waals surface area contributed by atoms with Crippen molar-refractivity contribution in [3.63, 3.8) is 0 Å². The Morgan fingerprint density at radius 2 is 2.31 bits per heavy atom. The van der Waals surface area contributed by atoms with Crippen molar-refractivity contribution in [1.82, 2.24) is 9.97 Å². The van der Waals surface area contributed by atoms with Gasteiger partial charge in [0.1, 0.15) is 16.2 Å². The van der Waals surface area contributed by atoms with Crippen LogP contribution in [0.2, 0.25) is 0 Å². The fourth-order valence-corrected chi connectivity index (χ4v) is 2.02. The van der Waals surface area contributed by atoms with E-state index in [0.717, 1.165) is 35.9 Å². The van der Waals surface area contributed by atoms with Gasteiger partial charge in [-0.2, -0.15) is 0 Å². The Kier molecular flexibility index (Phi) is 3.76. The van der Waals surface area contributed by atoms with E-state index in [0.29, 0.717) is 12.0 Å². The first kappa shape index (κ1) is 11.8. The molecule has 1 N–H and O–H groups in total. The molecule has 1 fully saturated rings. The van der Waals surface area contributed by atoms with Gasteiger partial charge in [0.25, 0.3) is 0 Å². The van der Waals surface area contributed by atoms with Crippen molar-refractivity contribution in [3.05, 3.63) is 16.5 Å². The minimum absolute atomic E-state index is 0.331. The summed E-state index contributed by atoms with van der Waals surface area (Å²) < 4.78 is 6.15. The molecule has 0 saturated carbocycles. The lowest BCUT2D eigenvalue weighted by molar-refractivity contribution is 0.195. The fraction of sp³-hybridized carbons (Fsp3) is 0.636. The van der Waals surface area contributed by atoms with Crippen molar-refractivity contribution in [2.75, 3.05) is 18.5 Å². The summed E-state index contributed by atoms with van der Waals surface area (Å²) in [6.45, 7) is 5.77. The Balaban J connectivity index is 2.13. The van der Waals surface area contributed by atoms with Gasteiger partial charge in [0.15, 0.2) is 0 Å². The van der Waals surface area contributed by atoms with Gasteiger partial charge in [0.05, 0.1) is 12.6 Å². The zero-order valence-electron chi connectivity index (χ0n) is 9.53. The average molecular weight is 286 g/mol. The molecule has 4 nitrogen and oxygen atoms in total. The monoisotopic (exact) mass is 285 g/mol. The number of hydrogen-bond donors (Lipinski definition) is 1. The van der Waals surface area contributed by atoms with Crippen LogP contribution in [-0.4, -0.2) is 29.2 Å². The van der Waals surface area contributed by atoms with E-state index in [1.54, 1.807) is 0 Å². The Morgan fingerprint density at radius 1 is 1.50 bits per heavy atom. The number of rotatable bonds is 3.